The van der Waals surface area contributed by atoms with Crippen molar-refractivity contribution in [3.05, 3.63) is 11.6 Å². The van der Waals surface area contributed by atoms with Crippen molar-refractivity contribution in [2.24, 2.45) is 5.41 Å². The molecule has 2 rings (SSSR count). The predicted molar refractivity (Wildman–Crippen MR) is 60.8 cm³/mol. The van der Waals surface area contributed by atoms with Crippen LogP contribution in [0.2, 0.25) is 0 Å². The molecule has 15 heavy (non-hydrogen) atoms. The second-order valence-electron chi connectivity index (χ2n) is 5.91. The number of rotatable bonds is 1. The van der Waals surface area contributed by atoms with Crippen LogP contribution in [0.4, 0.5) is 0 Å². The topological polar surface area (TPSA) is 30.7 Å². The van der Waals surface area contributed by atoms with Crippen LogP contribution in [0.1, 0.15) is 58.1 Å². The number of aromatic nitrogens is 3. The van der Waals surface area contributed by atoms with Crippen LogP contribution >= 0.6 is 0 Å². The number of hydrogen-bond donors (Lipinski definition) is 0. The van der Waals surface area contributed by atoms with Gasteiger partial charge in [0.05, 0.1) is 0 Å². The largest absolute Gasteiger partial charge is 0.315 e. The van der Waals surface area contributed by atoms with Gasteiger partial charge in [0.1, 0.15) is 11.6 Å². The molecule has 1 aliphatic heterocycles. The average Bonchev–Trinajstić information content (AvgIpc) is 2.48. The highest BCUT2D eigenvalue weighted by Crippen LogP contribution is 2.28. The Kier molecular flexibility index (Phi) is 2.57. The van der Waals surface area contributed by atoms with Crippen LogP contribution in [0.25, 0.3) is 0 Å². The molecular weight excluding hydrogens is 186 g/mol. The Balaban J connectivity index is 2.27. The zero-order valence-corrected chi connectivity index (χ0v) is 10.2. The summed E-state index contributed by atoms with van der Waals surface area (Å²) in [6, 6.07) is 0. The van der Waals surface area contributed by atoms with E-state index in [1.165, 1.54) is 24.5 Å². The summed E-state index contributed by atoms with van der Waals surface area (Å²) in [6.45, 7) is 10.1. The minimum absolute atomic E-state index is 0.296. The second kappa shape index (κ2) is 3.62. The van der Waals surface area contributed by atoms with E-state index in [0.29, 0.717) is 11.3 Å². The molecule has 0 fully saturated rings. The standard InChI is InChI=1S/C12H21N3/c1-9-6-5-7-15-10(8-12(2,3)4)13-14-11(9)15/h9H,5-8H2,1-4H3. The molecule has 1 aromatic heterocycles. The van der Waals surface area contributed by atoms with E-state index in [2.05, 4.69) is 42.5 Å². The van der Waals surface area contributed by atoms with Gasteiger partial charge in [-0.1, -0.05) is 27.7 Å². The maximum absolute atomic E-state index is 4.35. The summed E-state index contributed by atoms with van der Waals surface area (Å²) in [7, 11) is 0. The van der Waals surface area contributed by atoms with Crippen LogP contribution < -0.4 is 0 Å². The van der Waals surface area contributed by atoms with Crippen molar-refractivity contribution in [2.45, 2.75) is 59.4 Å². The van der Waals surface area contributed by atoms with E-state index in [9.17, 15) is 0 Å². The van der Waals surface area contributed by atoms with Gasteiger partial charge in [-0.05, 0) is 18.3 Å². The zero-order chi connectivity index (χ0) is 11.1. The molecule has 0 radical (unpaired) electrons. The molecule has 0 saturated carbocycles. The molecule has 0 saturated heterocycles. The molecule has 1 unspecified atom stereocenters. The van der Waals surface area contributed by atoms with E-state index >= 15 is 0 Å². The molecule has 0 bridgehead atoms. The Bertz CT molecular complexity index is 346. The predicted octanol–water partition coefficient (Wildman–Crippen LogP) is 2.76. The van der Waals surface area contributed by atoms with Crippen LogP contribution in [0.3, 0.4) is 0 Å². The van der Waals surface area contributed by atoms with Crippen molar-refractivity contribution >= 4 is 0 Å². The van der Waals surface area contributed by atoms with Crippen molar-refractivity contribution in [2.75, 3.05) is 0 Å². The summed E-state index contributed by atoms with van der Waals surface area (Å²) < 4.78 is 2.33. The third kappa shape index (κ3) is 2.21. The molecule has 84 valence electrons. The Labute approximate surface area is 91.9 Å². The summed E-state index contributed by atoms with van der Waals surface area (Å²) in [5.74, 6) is 2.95. The molecular formula is C12H21N3. The van der Waals surface area contributed by atoms with Crippen LogP contribution in [0.5, 0.6) is 0 Å². The lowest BCUT2D eigenvalue weighted by atomic mass is 9.91. The van der Waals surface area contributed by atoms with E-state index in [4.69, 9.17) is 0 Å². The Hall–Kier alpha value is -0.860. The number of hydrogen-bond acceptors (Lipinski definition) is 2. The third-order valence-electron chi connectivity index (χ3n) is 3.00. The van der Waals surface area contributed by atoms with Gasteiger partial charge in [0.25, 0.3) is 0 Å². The van der Waals surface area contributed by atoms with Gasteiger partial charge in [0, 0.05) is 18.9 Å². The molecule has 1 aliphatic rings. The minimum Gasteiger partial charge on any atom is -0.315 e. The molecule has 1 atom stereocenters. The van der Waals surface area contributed by atoms with Crippen LogP contribution in [0.15, 0.2) is 0 Å². The Morgan fingerprint density at radius 2 is 2.07 bits per heavy atom. The smallest absolute Gasteiger partial charge is 0.135 e. The maximum Gasteiger partial charge on any atom is 0.135 e. The first-order valence-corrected chi connectivity index (χ1v) is 5.89. The highest BCUT2D eigenvalue weighted by Gasteiger charge is 2.24. The van der Waals surface area contributed by atoms with Gasteiger partial charge in [-0.25, -0.2) is 0 Å². The van der Waals surface area contributed by atoms with Gasteiger partial charge in [-0.2, -0.15) is 0 Å². The lowest BCUT2D eigenvalue weighted by molar-refractivity contribution is 0.378. The molecule has 0 aromatic carbocycles. The van der Waals surface area contributed by atoms with Gasteiger partial charge in [-0.15, -0.1) is 10.2 Å². The Morgan fingerprint density at radius 1 is 1.33 bits per heavy atom. The second-order valence-corrected chi connectivity index (χ2v) is 5.91. The van der Waals surface area contributed by atoms with Crippen molar-refractivity contribution in [1.82, 2.24) is 14.8 Å². The quantitative estimate of drug-likeness (QED) is 0.709. The van der Waals surface area contributed by atoms with E-state index in [0.717, 1.165) is 13.0 Å². The van der Waals surface area contributed by atoms with Crippen molar-refractivity contribution < 1.29 is 0 Å². The van der Waals surface area contributed by atoms with Crippen LogP contribution in [-0.4, -0.2) is 14.8 Å². The number of fused-ring (bicyclic) bond motifs is 1. The SMILES string of the molecule is CC1CCCn2c(CC(C)(C)C)nnc21. The normalized spacial score (nSPS) is 21.5. The fraction of sp³-hybridized carbons (Fsp3) is 0.833. The first-order chi connectivity index (χ1) is 6.97. The van der Waals surface area contributed by atoms with E-state index in [-0.39, 0.29) is 0 Å². The van der Waals surface area contributed by atoms with Gasteiger partial charge < -0.3 is 4.57 Å². The summed E-state index contributed by atoms with van der Waals surface area (Å²) in [4.78, 5) is 0. The summed E-state index contributed by atoms with van der Waals surface area (Å²) in [5, 5.41) is 8.68. The first kappa shape index (κ1) is 10.7. The maximum atomic E-state index is 4.35. The Morgan fingerprint density at radius 3 is 2.73 bits per heavy atom. The number of nitrogens with zero attached hydrogens (tertiary/aromatic N) is 3. The monoisotopic (exact) mass is 207 g/mol. The van der Waals surface area contributed by atoms with Crippen molar-refractivity contribution in [3.8, 4) is 0 Å². The summed E-state index contributed by atoms with van der Waals surface area (Å²) in [6.07, 6.45) is 3.55. The molecule has 0 N–H and O–H groups in total. The first-order valence-electron chi connectivity index (χ1n) is 5.89. The van der Waals surface area contributed by atoms with E-state index in [1.807, 2.05) is 0 Å². The van der Waals surface area contributed by atoms with Crippen LogP contribution in [-0.2, 0) is 13.0 Å². The molecule has 2 heterocycles. The van der Waals surface area contributed by atoms with Gasteiger partial charge >= 0.3 is 0 Å². The van der Waals surface area contributed by atoms with Crippen LogP contribution in [0, 0.1) is 5.41 Å². The van der Waals surface area contributed by atoms with Gasteiger partial charge in [0.2, 0.25) is 0 Å². The fourth-order valence-corrected chi connectivity index (χ4v) is 2.25. The molecule has 3 heteroatoms. The third-order valence-corrected chi connectivity index (χ3v) is 3.00. The molecule has 1 aromatic rings. The molecule has 0 aliphatic carbocycles. The fourth-order valence-electron chi connectivity index (χ4n) is 2.25. The molecule has 3 nitrogen and oxygen atoms in total. The summed E-state index contributed by atoms with van der Waals surface area (Å²) in [5.41, 5.74) is 0.296. The lowest BCUT2D eigenvalue weighted by Crippen LogP contribution is -2.19. The highest BCUT2D eigenvalue weighted by molar-refractivity contribution is 5.05. The zero-order valence-electron chi connectivity index (χ0n) is 10.2. The molecule has 0 amide bonds. The van der Waals surface area contributed by atoms with Gasteiger partial charge in [-0.3, -0.25) is 0 Å². The van der Waals surface area contributed by atoms with Crippen molar-refractivity contribution in [3.63, 3.8) is 0 Å². The average molecular weight is 207 g/mol. The minimum atomic E-state index is 0.296. The highest BCUT2D eigenvalue weighted by atomic mass is 15.3. The lowest BCUT2D eigenvalue weighted by Gasteiger charge is -2.23. The van der Waals surface area contributed by atoms with Crippen molar-refractivity contribution in [1.29, 1.82) is 0 Å². The molecule has 0 spiro atoms. The van der Waals surface area contributed by atoms with E-state index in [1.54, 1.807) is 0 Å². The van der Waals surface area contributed by atoms with Gasteiger partial charge in [0.15, 0.2) is 0 Å². The van der Waals surface area contributed by atoms with E-state index < -0.39 is 0 Å². The summed E-state index contributed by atoms with van der Waals surface area (Å²) >= 11 is 0.